The van der Waals surface area contributed by atoms with Crippen molar-refractivity contribution < 1.29 is 9.32 Å². The number of nitrogens with two attached hydrogens (primary N) is 1. The number of ketones is 1. The molecule has 0 saturated heterocycles. The summed E-state index contributed by atoms with van der Waals surface area (Å²) >= 11 is 0. The van der Waals surface area contributed by atoms with Gasteiger partial charge in [0.2, 0.25) is 0 Å². The zero-order valence-corrected chi connectivity index (χ0v) is 6.50. The van der Waals surface area contributed by atoms with Gasteiger partial charge in [-0.05, 0) is 13.8 Å². The summed E-state index contributed by atoms with van der Waals surface area (Å²) in [6, 6.07) is -0.493. The maximum atomic E-state index is 11.2. The Morgan fingerprint density at radius 1 is 1.82 bits per heavy atom. The lowest BCUT2D eigenvalue weighted by molar-refractivity contribution is 0.0966. The molecule has 0 aliphatic carbocycles. The average molecular weight is 154 g/mol. The van der Waals surface area contributed by atoms with Crippen LogP contribution in [0.1, 0.15) is 23.0 Å². The lowest BCUT2D eigenvalue weighted by atomic mass is 10.1. The fourth-order valence-corrected chi connectivity index (χ4v) is 0.781. The van der Waals surface area contributed by atoms with E-state index >= 15 is 0 Å². The largest absolute Gasteiger partial charge is 0.361 e. The Labute approximate surface area is 64.4 Å². The molecule has 11 heavy (non-hydrogen) atoms. The molecule has 0 saturated carbocycles. The standard InChI is InChI=1S/C7H10N2O2/c1-4(8)7(10)6-3-9-11-5(6)2/h3-4H,8H2,1-2H3. The Morgan fingerprint density at radius 2 is 2.45 bits per heavy atom. The van der Waals surface area contributed by atoms with Crippen LogP contribution in [0.25, 0.3) is 0 Å². The van der Waals surface area contributed by atoms with Gasteiger partial charge < -0.3 is 10.3 Å². The monoisotopic (exact) mass is 154 g/mol. The molecule has 0 amide bonds. The van der Waals surface area contributed by atoms with Crippen molar-refractivity contribution in [3.63, 3.8) is 0 Å². The summed E-state index contributed by atoms with van der Waals surface area (Å²) in [7, 11) is 0. The van der Waals surface area contributed by atoms with Crippen LogP contribution in [0.15, 0.2) is 10.7 Å². The predicted molar refractivity (Wildman–Crippen MR) is 39.2 cm³/mol. The van der Waals surface area contributed by atoms with Crippen LogP contribution in [0.4, 0.5) is 0 Å². The number of hydrogen-bond donors (Lipinski definition) is 1. The summed E-state index contributed by atoms with van der Waals surface area (Å²) in [5.74, 6) is 0.385. The van der Waals surface area contributed by atoms with Gasteiger partial charge in [-0.3, -0.25) is 4.79 Å². The van der Waals surface area contributed by atoms with E-state index in [2.05, 4.69) is 5.16 Å². The Bertz CT molecular complexity index is 265. The Kier molecular flexibility index (Phi) is 2.05. The van der Waals surface area contributed by atoms with E-state index in [1.165, 1.54) is 6.20 Å². The number of carbonyl (C=O) groups excluding carboxylic acids is 1. The highest BCUT2D eigenvalue weighted by Crippen LogP contribution is 2.07. The van der Waals surface area contributed by atoms with Gasteiger partial charge in [-0.25, -0.2) is 0 Å². The lowest BCUT2D eigenvalue weighted by Gasteiger charge is -1.99. The summed E-state index contributed by atoms with van der Waals surface area (Å²) in [6.07, 6.45) is 1.39. The van der Waals surface area contributed by atoms with Crippen molar-refractivity contribution in [2.75, 3.05) is 0 Å². The van der Waals surface area contributed by atoms with E-state index in [0.29, 0.717) is 11.3 Å². The molecule has 4 heteroatoms. The fourth-order valence-electron chi connectivity index (χ4n) is 0.781. The van der Waals surface area contributed by atoms with Crippen LogP contribution >= 0.6 is 0 Å². The molecule has 0 radical (unpaired) electrons. The number of hydrogen-bond acceptors (Lipinski definition) is 4. The highest BCUT2D eigenvalue weighted by Gasteiger charge is 2.15. The van der Waals surface area contributed by atoms with E-state index < -0.39 is 6.04 Å². The number of nitrogens with zero attached hydrogens (tertiary/aromatic N) is 1. The maximum absolute atomic E-state index is 11.2. The van der Waals surface area contributed by atoms with Crippen molar-refractivity contribution >= 4 is 5.78 Å². The molecule has 1 atom stereocenters. The second kappa shape index (κ2) is 2.84. The Morgan fingerprint density at radius 3 is 2.82 bits per heavy atom. The molecule has 0 fully saturated rings. The number of aryl methyl sites for hydroxylation is 1. The molecule has 1 rings (SSSR count). The summed E-state index contributed by atoms with van der Waals surface area (Å²) in [5, 5.41) is 3.47. The second-order valence-corrected chi connectivity index (χ2v) is 2.45. The Balaban J connectivity index is 2.93. The van der Waals surface area contributed by atoms with E-state index in [1.807, 2.05) is 0 Å². The molecule has 0 bridgehead atoms. The molecule has 2 N–H and O–H groups in total. The van der Waals surface area contributed by atoms with Crippen molar-refractivity contribution in [2.24, 2.45) is 5.73 Å². The SMILES string of the molecule is Cc1oncc1C(=O)C(C)N. The first-order chi connectivity index (χ1) is 5.13. The van der Waals surface area contributed by atoms with Gasteiger partial charge in [0.25, 0.3) is 0 Å². The van der Waals surface area contributed by atoms with Crippen molar-refractivity contribution in [1.82, 2.24) is 5.16 Å². The number of aromatic nitrogens is 1. The van der Waals surface area contributed by atoms with Gasteiger partial charge in [0.05, 0.1) is 17.8 Å². The number of Topliss-reactive ketones (excluding diaryl/α,β-unsaturated/α-hetero) is 1. The third kappa shape index (κ3) is 1.46. The topological polar surface area (TPSA) is 69.1 Å². The molecule has 0 aliphatic heterocycles. The van der Waals surface area contributed by atoms with E-state index in [4.69, 9.17) is 10.3 Å². The quantitative estimate of drug-likeness (QED) is 0.630. The third-order valence-corrected chi connectivity index (χ3v) is 1.43. The first-order valence-electron chi connectivity index (χ1n) is 3.34. The van der Waals surface area contributed by atoms with Gasteiger partial charge in [-0.2, -0.15) is 0 Å². The summed E-state index contributed by atoms with van der Waals surface area (Å²) in [6.45, 7) is 3.32. The molecule has 1 unspecified atom stereocenters. The smallest absolute Gasteiger partial charge is 0.184 e. The van der Waals surface area contributed by atoms with Gasteiger partial charge >= 0.3 is 0 Å². The van der Waals surface area contributed by atoms with E-state index in [9.17, 15) is 4.79 Å². The van der Waals surface area contributed by atoms with Crippen LogP contribution in [-0.4, -0.2) is 17.0 Å². The molecular weight excluding hydrogens is 144 g/mol. The summed E-state index contributed by atoms with van der Waals surface area (Å²) in [4.78, 5) is 11.2. The van der Waals surface area contributed by atoms with Crippen LogP contribution in [0.5, 0.6) is 0 Å². The van der Waals surface area contributed by atoms with Crippen molar-refractivity contribution in [1.29, 1.82) is 0 Å². The van der Waals surface area contributed by atoms with Crippen molar-refractivity contribution in [2.45, 2.75) is 19.9 Å². The van der Waals surface area contributed by atoms with Crippen molar-refractivity contribution in [3.8, 4) is 0 Å². The third-order valence-electron chi connectivity index (χ3n) is 1.43. The van der Waals surface area contributed by atoms with Gasteiger partial charge in [0.1, 0.15) is 5.76 Å². The minimum Gasteiger partial charge on any atom is -0.361 e. The average Bonchev–Trinajstić information content (AvgIpc) is 2.33. The van der Waals surface area contributed by atoms with Gasteiger partial charge in [0.15, 0.2) is 5.78 Å². The van der Waals surface area contributed by atoms with Crippen LogP contribution in [0, 0.1) is 6.92 Å². The zero-order valence-electron chi connectivity index (χ0n) is 6.50. The van der Waals surface area contributed by atoms with Crippen LogP contribution in [-0.2, 0) is 0 Å². The highest BCUT2D eigenvalue weighted by atomic mass is 16.5. The fraction of sp³-hybridized carbons (Fsp3) is 0.429. The molecule has 4 nitrogen and oxygen atoms in total. The Hall–Kier alpha value is -1.16. The molecule has 1 aromatic heterocycles. The van der Waals surface area contributed by atoms with E-state index in [1.54, 1.807) is 13.8 Å². The molecule has 0 aromatic carbocycles. The van der Waals surface area contributed by atoms with E-state index in [0.717, 1.165) is 0 Å². The minimum absolute atomic E-state index is 0.135. The van der Waals surface area contributed by atoms with Crippen LogP contribution < -0.4 is 5.73 Å². The zero-order chi connectivity index (χ0) is 8.43. The lowest BCUT2D eigenvalue weighted by Crippen LogP contribution is -2.26. The highest BCUT2D eigenvalue weighted by molar-refractivity contribution is 6.00. The van der Waals surface area contributed by atoms with Gasteiger partial charge in [0, 0.05) is 0 Å². The predicted octanol–water partition coefficient (Wildman–Crippen LogP) is 0.513. The van der Waals surface area contributed by atoms with Gasteiger partial charge in [-0.15, -0.1) is 0 Å². The van der Waals surface area contributed by atoms with Crippen LogP contribution in [0.3, 0.4) is 0 Å². The first-order valence-corrected chi connectivity index (χ1v) is 3.34. The number of carbonyl (C=O) groups is 1. The van der Waals surface area contributed by atoms with Gasteiger partial charge in [-0.1, -0.05) is 5.16 Å². The van der Waals surface area contributed by atoms with E-state index in [-0.39, 0.29) is 5.78 Å². The minimum atomic E-state index is -0.493. The molecule has 60 valence electrons. The summed E-state index contributed by atoms with van der Waals surface area (Å²) in [5.41, 5.74) is 5.85. The first kappa shape index (κ1) is 7.94. The molecule has 0 aliphatic rings. The normalized spacial score (nSPS) is 13.0. The van der Waals surface area contributed by atoms with Crippen LogP contribution in [0.2, 0.25) is 0 Å². The molecule has 1 heterocycles. The maximum Gasteiger partial charge on any atom is 0.184 e. The molecule has 0 spiro atoms. The molecule has 1 aromatic rings. The van der Waals surface area contributed by atoms with Crippen molar-refractivity contribution in [3.05, 3.63) is 17.5 Å². The molecular formula is C7H10N2O2. The second-order valence-electron chi connectivity index (χ2n) is 2.45. The summed E-state index contributed by atoms with van der Waals surface area (Å²) < 4.78 is 4.71. The number of rotatable bonds is 2.